The first-order chi connectivity index (χ1) is 18.8. The minimum absolute atomic E-state index is 0.120. The average molecular weight is 505 g/mol. The SMILES string of the molecule is CCCCOc1ccc(C2=NN3[C@H](C2)c2ccccc2O[C@H]3c2ccc(OCc3ccccc3)cc2)cc1. The third-order valence-corrected chi connectivity index (χ3v) is 7.07. The van der Waals surface area contributed by atoms with Gasteiger partial charge in [0.15, 0.2) is 0 Å². The van der Waals surface area contributed by atoms with Gasteiger partial charge in [-0.1, -0.05) is 61.9 Å². The van der Waals surface area contributed by atoms with Crippen molar-refractivity contribution in [1.82, 2.24) is 5.01 Å². The van der Waals surface area contributed by atoms with E-state index in [0.717, 1.165) is 65.5 Å². The Morgan fingerprint density at radius 2 is 1.53 bits per heavy atom. The highest BCUT2D eigenvalue weighted by molar-refractivity contribution is 6.02. The van der Waals surface area contributed by atoms with Crippen molar-refractivity contribution < 1.29 is 14.2 Å². The summed E-state index contributed by atoms with van der Waals surface area (Å²) in [5.41, 5.74) is 5.53. The summed E-state index contributed by atoms with van der Waals surface area (Å²) in [6.07, 6.45) is 2.70. The van der Waals surface area contributed by atoms with Gasteiger partial charge in [-0.2, -0.15) is 5.10 Å². The first kappa shape index (κ1) is 24.1. The number of hydrogen-bond donors (Lipinski definition) is 0. The van der Waals surface area contributed by atoms with Crippen molar-refractivity contribution in [2.24, 2.45) is 5.10 Å². The van der Waals surface area contributed by atoms with Gasteiger partial charge in [0.1, 0.15) is 23.9 Å². The molecule has 2 aliphatic rings. The topological polar surface area (TPSA) is 43.3 Å². The quantitative estimate of drug-likeness (QED) is 0.219. The van der Waals surface area contributed by atoms with Crippen LogP contribution in [0.5, 0.6) is 17.2 Å². The van der Waals surface area contributed by atoms with E-state index in [4.69, 9.17) is 19.3 Å². The van der Waals surface area contributed by atoms with Crippen molar-refractivity contribution in [3.05, 3.63) is 125 Å². The van der Waals surface area contributed by atoms with E-state index in [2.05, 4.69) is 66.5 Å². The number of unbranched alkanes of at least 4 members (excludes halogenated alkanes) is 1. The molecule has 2 aliphatic heterocycles. The number of rotatable bonds is 9. The van der Waals surface area contributed by atoms with Gasteiger partial charge in [-0.25, -0.2) is 5.01 Å². The normalized spacial score (nSPS) is 17.7. The van der Waals surface area contributed by atoms with Crippen LogP contribution in [-0.2, 0) is 6.61 Å². The fraction of sp³-hybridized carbons (Fsp3) is 0.242. The second-order valence-corrected chi connectivity index (χ2v) is 9.72. The molecule has 0 fully saturated rings. The second kappa shape index (κ2) is 11.0. The van der Waals surface area contributed by atoms with E-state index in [1.165, 1.54) is 5.56 Å². The molecule has 4 aromatic rings. The lowest BCUT2D eigenvalue weighted by atomic mass is 9.96. The van der Waals surface area contributed by atoms with Gasteiger partial charge in [0.05, 0.1) is 18.4 Å². The van der Waals surface area contributed by atoms with Crippen LogP contribution in [0, 0.1) is 0 Å². The van der Waals surface area contributed by atoms with E-state index < -0.39 is 0 Å². The fourth-order valence-corrected chi connectivity index (χ4v) is 4.98. The molecule has 0 radical (unpaired) electrons. The number of nitrogens with zero attached hydrogens (tertiary/aromatic N) is 2. The number of benzene rings is 4. The summed E-state index contributed by atoms with van der Waals surface area (Å²) in [5, 5.41) is 7.21. The molecule has 2 heterocycles. The zero-order chi connectivity index (χ0) is 25.7. The molecule has 4 aromatic carbocycles. The molecule has 0 saturated carbocycles. The number of hydrazone groups is 1. The summed E-state index contributed by atoms with van der Waals surface area (Å²) in [4.78, 5) is 0. The van der Waals surface area contributed by atoms with E-state index >= 15 is 0 Å². The molecule has 6 rings (SSSR count). The Kier molecular flexibility index (Phi) is 6.99. The van der Waals surface area contributed by atoms with E-state index in [0.29, 0.717) is 6.61 Å². The molecule has 5 nitrogen and oxygen atoms in total. The highest BCUT2D eigenvalue weighted by Gasteiger charge is 2.40. The second-order valence-electron chi connectivity index (χ2n) is 9.72. The third-order valence-electron chi connectivity index (χ3n) is 7.07. The lowest BCUT2D eigenvalue weighted by molar-refractivity contribution is -0.0190. The molecule has 2 atom stereocenters. The first-order valence-corrected chi connectivity index (χ1v) is 13.4. The van der Waals surface area contributed by atoms with Crippen LogP contribution >= 0.6 is 0 Å². The Hall–Kier alpha value is -4.25. The summed E-state index contributed by atoms with van der Waals surface area (Å²) in [5.74, 6) is 2.65. The zero-order valence-corrected chi connectivity index (χ0v) is 21.6. The molecule has 0 amide bonds. The lowest BCUT2D eigenvalue weighted by Crippen LogP contribution is -2.33. The Labute approximate surface area is 224 Å². The van der Waals surface area contributed by atoms with Gasteiger partial charge in [-0.3, -0.25) is 0 Å². The minimum atomic E-state index is -0.313. The summed E-state index contributed by atoms with van der Waals surface area (Å²) in [7, 11) is 0. The smallest absolute Gasteiger partial charge is 0.213 e. The monoisotopic (exact) mass is 504 g/mol. The number of ether oxygens (including phenoxy) is 3. The predicted molar refractivity (Wildman–Crippen MR) is 150 cm³/mol. The Balaban J connectivity index is 1.22. The molecule has 0 aromatic heterocycles. The van der Waals surface area contributed by atoms with Crippen molar-refractivity contribution in [3.8, 4) is 17.2 Å². The van der Waals surface area contributed by atoms with Crippen LogP contribution < -0.4 is 14.2 Å². The van der Waals surface area contributed by atoms with Crippen molar-refractivity contribution in [2.75, 3.05) is 6.61 Å². The molecule has 0 saturated heterocycles. The number of fused-ring (bicyclic) bond motifs is 3. The number of hydrogen-bond acceptors (Lipinski definition) is 5. The highest BCUT2D eigenvalue weighted by atomic mass is 16.5. The van der Waals surface area contributed by atoms with Gasteiger partial charge in [0.25, 0.3) is 0 Å². The number of para-hydroxylation sites is 1. The van der Waals surface area contributed by atoms with Crippen molar-refractivity contribution in [2.45, 2.75) is 45.1 Å². The molecule has 0 N–H and O–H groups in total. The largest absolute Gasteiger partial charge is 0.494 e. The fourth-order valence-electron chi connectivity index (χ4n) is 4.98. The van der Waals surface area contributed by atoms with Crippen LogP contribution in [0.25, 0.3) is 0 Å². The third kappa shape index (κ3) is 5.10. The molecule has 0 unspecified atom stereocenters. The van der Waals surface area contributed by atoms with E-state index in [9.17, 15) is 0 Å². The van der Waals surface area contributed by atoms with E-state index in [1.807, 2.05) is 48.5 Å². The molecule has 5 heteroatoms. The summed E-state index contributed by atoms with van der Waals surface area (Å²) < 4.78 is 18.4. The minimum Gasteiger partial charge on any atom is -0.494 e. The van der Waals surface area contributed by atoms with E-state index in [-0.39, 0.29) is 12.3 Å². The Morgan fingerprint density at radius 3 is 2.32 bits per heavy atom. The molecule has 0 spiro atoms. The van der Waals surface area contributed by atoms with Crippen molar-refractivity contribution in [3.63, 3.8) is 0 Å². The Bertz CT molecular complexity index is 1380. The maximum atomic E-state index is 6.52. The van der Waals surface area contributed by atoms with E-state index in [1.54, 1.807) is 0 Å². The maximum Gasteiger partial charge on any atom is 0.213 e. The van der Waals surface area contributed by atoms with Gasteiger partial charge in [-0.05, 0) is 72.1 Å². The van der Waals surface area contributed by atoms with Gasteiger partial charge < -0.3 is 14.2 Å². The van der Waals surface area contributed by atoms with Crippen molar-refractivity contribution >= 4 is 5.71 Å². The van der Waals surface area contributed by atoms with Crippen LogP contribution in [0.3, 0.4) is 0 Å². The van der Waals surface area contributed by atoms with Gasteiger partial charge in [0.2, 0.25) is 6.23 Å². The molecule has 192 valence electrons. The summed E-state index contributed by atoms with van der Waals surface area (Å²) >= 11 is 0. The van der Waals surface area contributed by atoms with Crippen molar-refractivity contribution in [1.29, 1.82) is 0 Å². The highest BCUT2D eigenvalue weighted by Crippen LogP contribution is 2.47. The standard InChI is InChI=1S/C33H32N2O3/c1-2-3-21-36-27-17-13-25(14-18-27)30-22-31-29-11-7-8-12-32(29)38-33(35(31)34-30)26-15-19-28(20-16-26)37-23-24-9-5-4-6-10-24/h4-20,31,33H,2-3,21-23H2,1H3/t31-,33+/m1/s1. The van der Waals surface area contributed by atoms with Crippen LogP contribution in [-0.4, -0.2) is 17.3 Å². The molecule has 38 heavy (non-hydrogen) atoms. The van der Waals surface area contributed by atoms with Crippen LogP contribution in [0.1, 0.15) is 60.7 Å². The van der Waals surface area contributed by atoms with Gasteiger partial charge in [-0.15, -0.1) is 0 Å². The molecular weight excluding hydrogens is 472 g/mol. The average Bonchev–Trinajstić information content (AvgIpc) is 3.43. The zero-order valence-electron chi connectivity index (χ0n) is 21.6. The van der Waals surface area contributed by atoms with Gasteiger partial charge in [0, 0.05) is 17.5 Å². The van der Waals surface area contributed by atoms with Crippen LogP contribution in [0.2, 0.25) is 0 Å². The van der Waals surface area contributed by atoms with Crippen LogP contribution in [0.15, 0.2) is 108 Å². The summed E-state index contributed by atoms with van der Waals surface area (Å²) in [6.45, 7) is 3.46. The first-order valence-electron chi connectivity index (χ1n) is 13.4. The molecule has 0 bridgehead atoms. The Morgan fingerprint density at radius 1 is 0.816 bits per heavy atom. The predicted octanol–water partition coefficient (Wildman–Crippen LogP) is 7.69. The maximum absolute atomic E-state index is 6.52. The molecular formula is C33H32N2O3. The lowest BCUT2D eigenvalue weighted by Gasteiger charge is -2.38. The van der Waals surface area contributed by atoms with Crippen LogP contribution in [0.4, 0.5) is 0 Å². The van der Waals surface area contributed by atoms with Gasteiger partial charge >= 0.3 is 0 Å². The summed E-state index contributed by atoms with van der Waals surface area (Å²) in [6, 6.07) is 35.1. The molecule has 0 aliphatic carbocycles.